The number of benzene rings is 1. The van der Waals surface area contributed by atoms with Gasteiger partial charge in [-0.15, -0.1) is 0 Å². The highest BCUT2D eigenvalue weighted by Crippen LogP contribution is 2.30. The first kappa shape index (κ1) is 13.1. The lowest BCUT2D eigenvalue weighted by Crippen LogP contribution is -2.40. The van der Waals surface area contributed by atoms with Gasteiger partial charge < -0.3 is 9.64 Å². The molecule has 19 heavy (non-hydrogen) atoms. The van der Waals surface area contributed by atoms with Crippen LogP contribution >= 0.6 is 0 Å². The van der Waals surface area contributed by atoms with E-state index in [4.69, 9.17) is 10.00 Å². The molecule has 0 bridgehead atoms. The molecule has 1 aromatic carbocycles. The number of ether oxygens (including phenoxy) is 1. The molecule has 0 unspecified atom stereocenters. The highest BCUT2D eigenvalue weighted by molar-refractivity contribution is 5.98. The van der Waals surface area contributed by atoms with Crippen molar-refractivity contribution in [3.8, 4) is 6.07 Å². The molecule has 0 aliphatic carbocycles. The zero-order valence-electron chi connectivity index (χ0n) is 10.6. The highest BCUT2D eigenvalue weighted by Gasteiger charge is 2.45. The van der Waals surface area contributed by atoms with Crippen molar-refractivity contribution in [1.29, 1.82) is 5.26 Å². The number of esters is 1. The Morgan fingerprint density at radius 2 is 2.16 bits per heavy atom. The van der Waals surface area contributed by atoms with Crippen LogP contribution in [0, 0.1) is 17.2 Å². The van der Waals surface area contributed by atoms with E-state index in [0.29, 0.717) is 0 Å². The third-order valence-electron chi connectivity index (χ3n) is 3.30. The number of Topliss-reactive ketones (excluding diaryl/α,β-unsaturated/α-hetero) is 1. The molecule has 98 valence electrons. The van der Waals surface area contributed by atoms with Crippen molar-refractivity contribution in [2.45, 2.75) is 12.5 Å². The van der Waals surface area contributed by atoms with E-state index < -0.39 is 17.9 Å². The number of rotatable bonds is 3. The topological polar surface area (TPSA) is 70.4 Å². The molecule has 0 spiro atoms. The molecule has 1 aliphatic heterocycles. The van der Waals surface area contributed by atoms with Crippen LogP contribution in [0.15, 0.2) is 30.3 Å². The number of anilines is 1. The SMILES string of the molecule is COC(=O)[C@@H]1[C@H](CC#N)C(=O)CN1c1ccccc1. The fraction of sp³-hybridized carbons (Fsp3) is 0.357. The van der Waals surface area contributed by atoms with Crippen molar-refractivity contribution < 1.29 is 14.3 Å². The summed E-state index contributed by atoms with van der Waals surface area (Å²) in [6.45, 7) is 0.135. The molecule has 2 rings (SSSR count). The number of hydrogen-bond donors (Lipinski definition) is 0. The van der Waals surface area contributed by atoms with Gasteiger partial charge in [0.05, 0.1) is 25.6 Å². The summed E-state index contributed by atoms with van der Waals surface area (Å²) < 4.78 is 4.77. The van der Waals surface area contributed by atoms with Crippen molar-refractivity contribution in [2.75, 3.05) is 18.6 Å². The summed E-state index contributed by atoms with van der Waals surface area (Å²) in [5, 5.41) is 8.80. The Morgan fingerprint density at radius 3 is 2.74 bits per heavy atom. The molecule has 5 heteroatoms. The van der Waals surface area contributed by atoms with Crippen LogP contribution in [-0.2, 0) is 14.3 Å². The Labute approximate surface area is 111 Å². The van der Waals surface area contributed by atoms with Crippen LogP contribution in [0.3, 0.4) is 0 Å². The van der Waals surface area contributed by atoms with Gasteiger partial charge in [-0.1, -0.05) is 18.2 Å². The van der Waals surface area contributed by atoms with Crippen LogP contribution < -0.4 is 4.90 Å². The van der Waals surface area contributed by atoms with Gasteiger partial charge in [-0.05, 0) is 12.1 Å². The molecule has 1 aliphatic rings. The zero-order chi connectivity index (χ0) is 13.8. The molecular formula is C14H14N2O3. The minimum atomic E-state index is -0.709. The van der Waals surface area contributed by atoms with Gasteiger partial charge in [0.25, 0.3) is 0 Å². The molecule has 1 saturated heterocycles. The van der Waals surface area contributed by atoms with Crippen LogP contribution in [0.5, 0.6) is 0 Å². The number of nitriles is 1. The number of carbonyl (C=O) groups excluding carboxylic acids is 2. The maximum atomic E-state index is 12.0. The maximum Gasteiger partial charge on any atom is 0.329 e. The molecule has 2 atom stereocenters. The smallest absolute Gasteiger partial charge is 0.329 e. The van der Waals surface area contributed by atoms with Crippen molar-refractivity contribution in [3.63, 3.8) is 0 Å². The zero-order valence-corrected chi connectivity index (χ0v) is 10.6. The second-order valence-corrected chi connectivity index (χ2v) is 4.37. The maximum absolute atomic E-state index is 12.0. The second-order valence-electron chi connectivity index (χ2n) is 4.37. The summed E-state index contributed by atoms with van der Waals surface area (Å²) in [5.41, 5.74) is 0.784. The van der Waals surface area contributed by atoms with Crippen molar-refractivity contribution in [3.05, 3.63) is 30.3 Å². The van der Waals surface area contributed by atoms with E-state index in [-0.39, 0.29) is 18.7 Å². The first-order chi connectivity index (χ1) is 9.19. The minimum Gasteiger partial charge on any atom is -0.467 e. The molecule has 5 nitrogen and oxygen atoms in total. The Bertz CT molecular complexity index is 521. The van der Waals surface area contributed by atoms with Gasteiger partial charge in [0, 0.05) is 12.1 Å². The average molecular weight is 258 g/mol. The summed E-state index contributed by atoms with van der Waals surface area (Å²) in [4.78, 5) is 25.6. The van der Waals surface area contributed by atoms with Crippen molar-refractivity contribution in [1.82, 2.24) is 0 Å². The monoisotopic (exact) mass is 258 g/mol. The number of carbonyl (C=O) groups is 2. The van der Waals surface area contributed by atoms with Crippen molar-refractivity contribution in [2.24, 2.45) is 5.92 Å². The molecule has 0 radical (unpaired) electrons. The molecule has 0 saturated carbocycles. The normalized spacial score (nSPS) is 22.1. The Hall–Kier alpha value is -2.35. The lowest BCUT2D eigenvalue weighted by molar-refractivity contribution is -0.144. The summed E-state index contributed by atoms with van der Waals surface area (Å²) in [7, 11) is 1.29. The largest absolute Gasteiger partial charge is 0.467 e. The second kappa shape index (κ2) is 5.53. The molecule has 0 aromatic heterocycles. The van der Waals surface area contributed by atoms with E-state index >= 15 is 0 Å². The number of nitrogens with zero attached hydrogens (tertiary/aromatic N) is 2. The molecule has 1 aromatic rings. The van der Waals surface area contributed by atoms with Gasteiger partial charge >= 0.3 is 5.97 Å². The Morgan fingerprint density at radius 1 is 1.47 bits per heavy atom. The minimum absolute atomic E-state index is 0.0297. The highest BCUT2D eigenvalue weighted by atomic mass is 16.5. The summed E-state index contributed by atoms with van der Waals surface area (Å²) in [6, 6.07) is 10.5. The predicted molar refractivity (Wildman–Crippen MR) is 68.3 cm³/mol. The summed E-state index contributed by atoms with van der Waals surface area (Å²) in [5.74, 6) is -1.19. The fourth-order valence-electron chi connectivity index (χ4n) is 2.38. The molecule has 1 heterocycles. The first-order valence-electron chi connectivity index (χ1n) is 5.98. The van der Waals surface area contributed by atoms with Gasteiger partial charge in [0.15, 0.2) is 5.78 Å². The fourth-order valence-corrected chi connectivity index (χ4v) is 2.38. The molecule has 0 N–H and O–H groups in total. The van der Waals surface area contributed by atoms with E-state index in [2.05, 4.69) is 0 Å². The third-order valence-corrected chi connectivity index (χ3v) is 3.30. The predicted octanol–water partition coefficient (Wildman–Crippen LogP) is 1.15. The van der Waals surface area contributed by atoms with Crippen LogP contribution in [0.25, 0.3) is 0 Å². The quantitative estimate of drug-likeness (QED) is 0.760. The van der Waals surface area contributed by atoms with E-state index in [0.717, 1.165) is 5.69 Å². The van der Waals surface area contributed by atoms with Crippen LogP contribution in [0.1, 0.15) is 6.42 Å². The lowest BCUT2D eigenvalue weighted by atomic mass is 9.96. The van der Waals surface area contributed by atoms with Gasteiger partial charge in [-0.25, -0.2) is 4.79 Å². The van der Waals surface area contributed by atoms with E-state index in [1.165, 1.54) is 7.11 Å². The van der Waals surface area contributed by atoms with E-state index in [1.807, 2.05) is 36.4 Å². The van der Waals surface area contributed by atoms with Crippen LogP contribution in [-0.4, -0.2) is 31.4 Å². The van der Waals surface area contributed by atoms with E-state index in [9.17, 15) is 9.59 Å². The number of para-hydroxylation sites is 1. The Balaban J connectivity index is 2.35. The molecular weight excluding hydrogens is 244 g/mol. The first-order valence-corrected chi connectivity index (χ1v) is 5.98. The molecule has 0 amide bonds. The van der Waals surface area contributed by atoms with E-state index in [1.54, 1.807) is 4.90 Å². The lowest BCUT2D eigenvalue weighted by Gasteiger charge is -2.25. The molecule has 1 fully saturated rings. The standard InChI is InChI=1S/C14H14N2O3/c1-19-14(18)13-11(7-8-15)12(17)9-16(13)10-5-3-2-4-6-10/h2-6,11,13H,7,9H2,1H3/t11-,13+/m1/s1. The summed E-state index contributed by atoms with van der Waals surface area (Å²) >= 11 is 0. The van der Waals surface area contributed by atoms with Crippen molar-refractivity contribution >= 4 is 17.4 Å². The number of methoxy groups -OCH3 is 1. The third kappa shape index (κ3) is 2.43. The van der Waals surface area contributed by atoms with Gasteiger partial charge in [-0.3, -0.25) is 4.79 Å². The van der Waals surface area contributed by atoms with Crippen LogP contribution in [0.2, 0.25) is 0 Å². The number of ketones is 1. The Kier molecular flexibility index (Phi) is 3.81. The van der Waals surface area contributed by atoms with Crippen LogP contribution in [0.4, 0.5) is 5.69 Å². The van der Waals surface area contributed by atoms with Gasteiger partial charge in [-0.2, -0.15) is 5.26 Å². The van der Waals surface area contributed by atoms with Gasteiger partial charge in [0.1, 0.15) is 6.04 Å². The average Bonchev–Trinajstić information content (AvgIpc) is 2.77. The van der Waals surface area contributed by atoms with Gasteiger partial charge in [0.2, 0.25) is 0 Å². The summed E-state index contributed by atoms with van der Waals surface area (Å²) in [6.07, 6.45) is 0.0297. The number of hydrogen-bond acceptors (Lipinski definition) is 5.